The number of aromatic nitrogens is 2. The van der Waals surface area contributed by atoms with Gasteiger partial charge in [-0.1, -0.05) is 30.3 Å². The van der Waals surface area contributed by atoms with Crippen LogP contribution >= 0.6 is 0 Å². The first-order valence-corrected chi connectivity index (χ1v) is 6.59. The largest absolute Gasteiger partial charge is 0.387 e. The third-order valence-electron chi connectivity index (χ3n) is 3.21. The topological polar surface area (TPSA) is 64.1 Å². The van der Waals surface area contributed by atoms with Crippen LogP contribution in [0.25, 0.3) is 0 Å². The molecule has 4 nitrogen and oxygen atoms in total. The maximum Gasteiger partial charge on any atom is 0.0974 e. The molecular weight excluding hydrogens is 238 g/mol. The van der Waals surface area contributed by atoms with E-state index in [-0.39, 0.29) is 12.1 Å². The third-order valence-corrected chi connectivity index (χ3v) is 3.21. The highest BCUT2D eigenvalue weighted by Gasteiger charge is 2.19. The van der Waals surface area contributed by atoms with Gasteiger partial charge in [-0.2, -0.15) is 5.10 Å². The summed E-state index contributed by atoms with van der Waals surface area (Å²) in [5, 5.41) is 14.5. The Labute approximate surface area is 113 Å². The van der Waals surface area contributed by atoms with Crippen LogP contribution in [0.1, 0.15) is 37.1 Å². The number of rotatable bonds is 5. The molecule has 2 atom stereocenters. The Kier molecular flexibility index (Phi) is 4.35. The summed E-state index contributed by atoms with van der Waals surface area (Å²) >= 11 is 0. The zero-order valence-electron chi connectivity index (χ0n) is 11.4. The van der Waals surface area contributed by atoms with Gasteiger partial charge in [-0.25, -0.2) is 0 Å². The van der Waals surface area contributed by atoms with Crippen LogP contribution in [0.5, 0.6) is 0 Å². The molecule has 0 saturated heterocycles. The fraction of sp³-hybridized carbons (Fsp3) is 0.400. The van der Waals surface area contributed by atoms with E-state index in [9.17, 15) is 5.11 Å². The summed E-state index contributed by atoms with van der Waals surface area (Å²) in [4.78, 5) is 0. The molecule has 1 aromatic heterocycles. The van der Waals surface area contributed by atoms with Crippen LogP contribution in [0.4, 0.5) is 0 Å². The summed E-state index contributed by atoms with van der Waals surface area (Å²) in [6, 6.07) is 9.92. The average Bonchev–Trinajstić information content (AvgIpc) is 2.88. The van der Waals surface area contributed by atoms with Gasteiger partial charge in [-0.15, -0.1) is 0 Å². The van der Waals surface area contributed by atoms with Crippen molar-refractivity contribution >= 4 is 0 Å². The number of aliphatic hydroxyl groups excluding tert-OH is 1. The second-order valence-corrected chi connectivity index (χ2v) is 5.15. The molecule has 2 unspecified atom stereocenters. The van der Waals surface area contributed by atoms with Crippen molar-refractivity contribution in [2.45, 2.75) is 38.5 Å². The quantitative estimate of drug-likeness (QED) is 0.864. The van der Waals surface area contributed by atoms with Crippen LogP contribution < -0.4 is 5.73 Å². The molecule has 2 rings (SSSR count). The Hall–Kier alpha value is -1.65. The van der Waals surface area contributed by atoms with Crippen molar-refractivity contribution in [3.8, 4) is 0 Å². The zero-order valence-corrected chi connectivity index (χ0v) is 11.4. The molecule has 0 saturated carbocycles. The predicted molar refractivity (Wildman–Crippen MR) is 75.7 cm³/mol. The van der Waals surface area contributed by atoms with Crippen molar-refractivity contribution in [1.82, 2.24) is 9.78 Å². The van der Waals surface area contributed by atoms with Crippen molar-refractivity contribution in [2.75, 3.05) is 0 Å². The van der Waals surface area contributed by atoms with Crippen molar-refractivity contribution in [1.29, 1.82) is 0 Å². The van der Waals surface area contributed by atoms with Gasteiger partial charge in [0.2, 0.25) is 0 Å². The van der Waals surface area contributed by atoms with Crippen LogP contribution in [0.3, 0.4) is 0 Å². The second-order valence-electron chi connectivity index (χ2n) is 5.15. The Morgan fingerprint density at radius 1 is 1.26 bits per heavy atom. The second kappa shape index (κ2) is 5.99. The minimum absolute atomic E-state index is 0.284. The highest BCUT2D eigenvalue weighted by Crippen LogP contribution is 2.19. The summed E-state index contributed by atoms with van der Waals surface area (Å²) in [6.45, 7) is 4.10. The molecule has 0 bridgehead atoms. The van der Waals surface area contributed by atoms with Gasteiger partial charge in [0.1, 0.15) is 0 Å². The summed E-state index contributed by atoms with van der Waals surface area (Å²) in [7, 11) is 0. The van der Waals surface area contributed by atoms with Gasteiger partial charge in [0.25, 0.3) is 0 Å². The Morgan fingerprint density at radius 2 is 1.95 bits per heavy atom. The maximum atomic E-state index is 10.3. The van der Waals surface area contributed by atoms with Crippen molar-refractivity contribution in [3.05, 3.63) is 53.9 Å². The Balaban J connectivity index is 2.04. The predicted octanol–water partition coefficient (Wildman–Crippen LogP) is 2.07. The normalized spacial score (nSPS) is 14.6. The molecule has 19 heavy (non-hydrogen) atoms. The highest BCUT2D eigenvalue weighted by molar-refractivity contribution is 5.18. The smallest absolute Gasteiger partial charge is 0.0974 e. The molecule has 0 aliphatic carbocycles. The monoisotopic (exact) mass is 259 g/mol. The summed E-state index contributed by atoms with van der Waals surface area (Å²) < 4.78 is 1.83. The van der Waals surface area contributed by atoms with Gasteiger partial charge in [-0.05, 0) is 25.8 Å². The molecular formula is C15H21N3O. The van der Waals surface area contributed by atoms with E-state index in [1.807, 2.05) is 55.1 Å². The van der Waals surface area contributed by atoms with E-state index in [1.165, 1.54) is 0 Å². The van der Waals surface area contributed by atoms with Crippen LogP contribution in [-0.2, 0) is 6.42 Å². The van der Waals surface area contributed by atoms with E-state index in [0.717, 1.165) is 11.1 Å². The first-order valence-electron chi connectivity index (χ1n) is 6.59. The molecule has 2 aromatic rings. The SMILES string of the molecule is CC(C)n1cc(C(O)C(N)Cc2ccccc2)cn1. The molecule has 0 radical (unpaired) electrons. The number of nitrogens with two attached hydrogens (primary N) is 1. The summed E-state index contributed by atoms with van der Waals surface area (Å²) in [6.07, 6.45) is 3.51. The van der Waals surface area contributed by atoms with Crippen molar-refractivity contribution in [2.24, 2.45) is 5.73 Å². The number of hydrogen-bond donors (Lipinski definition) is 2. The van der Waals surface area contributed by atoms with Gasteiger partial charge in [0, 0.05) is 23.8 Å². The molecule has 1 aromatic carbocycles. The molecule has 1 heterocycles. The van der Waals surface area contributed by atoms with Crippen LogP contribution in [0.15, 0.2) is 42.7 Å². The molecule has 0 amide bonds. The maximum absolute atomic E-state index is 10.3. The van der Waals surface area contributed by atoms with Gasteiger partial charge in [-0.3, -0.25) is 4.68 Å². The Bertz CT molecular complexity index is 507. The van der Waals surface area contributed by atoms with Gasteiger partial charge in [0.15, 0.2) is 0 Å². The van der Waals surface area contributed by atoms with E-state index in [1.54, 1.807) is 6.20 Å². The molecule has 0 aliphatic heterocycles. The summed E-state index contributed by atoms with van der Waals surface area (Å²) in [5.41, 5.74) is 7.98. The minimum Gasteiger partial charge on any atom is -0.387 e. The molecule has 102 valence electrons. The van der Waals surface area contributed by atoms with Gasteiger partial charge >= 0.3 is 0 Å². The van der Waals surface area contributed by atoms with E-state index >= 15 is 0 Å². The lowest BCUT2D eigenvalue weighted by molar-refractivity contribution is 0.146. The fourth-order valence-corrected chi connectivity index (χ4v) is 2.03. The minimum atomic E-state index is -0.687. The fourth-order valence-electron chi connectivity index (χ4n) is 2.03. The molecule has 4 heteroatoms. The number of hydrogen-bond acceptors (Lipinski definition) is 3. The molecule has 3 N–H and O–H groups in total. The van der Waals surface area contributed by atoms with Crippen molar-refractivity contribution < 1.29 is 5.11 Å². The van der Waals surface area contributed by atoms with Gasteiger partial charge in [0.05, 0.1) is 12.3 Å². The average molecular weight is 259 g/mol. The Morgan fingerprint density at radius 3 is 2.53 bits per heavy atom. The molecule has 0 fully saturated rings. The molecule has 0 spiro atoms. The van der Waals surface area contributed by atoms with Gasteiger partial charge < -0.3 is 10.8 Å². The lowest BCUT2D eigenvalue weighted by Gasteiger charge is -2.17. The third kappa shape index (κ3) is 3.43. The summed E-state index contributed by atoms with van der Waals surface area (Å²) in [5.74, 6) is 0. The number of benzene rings is 1. The first kappa shape index (κ1) is 13.8. The van der Waals surface area contributed by atoms with E-state index < -0.39 is 6.10 Å². The standard InChI is InChI=1S/C15H21N3O/c1-11(2)18-10-13(9-17-18)15(19)14(16)8-12-6-4-3-5-7-12/h3-7,9-11,14-15,19H,8,16H2,1-2H3. The van der Waals surface area contributed by atoms with Crippen LogP contribution in [-0.4, -0.2) is 20.9 Å². The highest BCUT2D eigenvalue weighted by atomic mass is 16.3. The number of nitrogens with zero attached hydrogens (tertiary/aromatic N) is 2. The zero-order chi connectivity index (χ0) is 13.8. The number of aliphatic hydroxyl groups is 1. The lowest BCUT2D eigenvalue weighted by atomic mass is 9.99. The van der Waals surface area contributed by atoms with E-state index in [2.05, 4.69) is 5.10 Å². The van der Waals surface area contributed by atoms with Crippen molar-refractivity contribution in [3.63, 3.8) is 0 Å². The van der Waals surface area contributed by atoms with E-state index in [0.29, 0.717) is 6.42 Å². The molecule has 0 aliphatic rings. The lowest BCUT2D eigenvalue weighted by Crippen LogP contribution is -2.30. The van der Waals surface area contributed by atoms with Crippen LogP contribution in [0, 0.1) is 0 Å². The van der Waals surface area contributed by atoms with Crippen LogP contribution in [0.2, 0.25) is 0 Å². The van der Waals surface area contributed by atoms with E-state index in [4.69, 9.17) is 5.73 Å². The first-order chi connectivity index (χ1) is 9.08.